The molecule has 4 rings (SSSR count). The third-order valence-corrected chi connectivity index (χ3v) is 5.17. The van der Waals surface area contributed by atoms with Crippen LogP contribution in [0.2, 0.25) is 0 Å². The Morgan fingerprint density at radius 2 is 1.90 bits per heavy atom. The van der Waals surface area contributed by atoms with E-state index in [-0.39, 0.29) is 35.5 Å². The number of halogens is 3. The minimum Gasteiger partial charge on any atom is -0.339 e. The Labute approximate surface area is 165 Å². The van der Waals surface area contributed by atoms with Gasteiger partial charge in [-0.1, -0.05) is 23.4 Å². The van der Waals surface area contributed by atoms with E-state index < -0.39 is 11.7 Å². The molecule has 1 unspecified atom stereocenters. The summed E-state index contributed by atoms with van der Waals surface area (Å²) in [5.41, 5.74) is 2.46. The van der Waals surface area contributed by atoms with E-state index in [0.29, 0.717) is 6.54 Å². The maximum Gasteiger partial charge on any atom is 0.416 e. The topological polar surface area (TPSA) is 59.2 Å². The van der Waals surface area contributed by atoms with Gasteiger partial charge in [-0.25, -0.2) is 0 Å². The molecule has 1 amide bonds. The van der Waals surface area contributed by atoms with E-state index in [1.165, 1.54) is 12.1 Å². The van der Waals surface area contributed by atoms with E-state index in [1.807, 2.05) is 32.0 Å². The minimum atomic E-state index is -4.45. The molecule has 2 aromatic carbocycles. The largest absolute Gasteiger partial charge is 0.416 e. The summed E-state index contributed by atoms with van der Waals surface area (Å²) in [5.74, 6) is -0.0477. The number of rotatable bonds is 3. The first-order valence-electron chi connectivity index (χ1n) is 9.11. The summed E-state index contributed by atoms with van der Waals surface area (Å²) in [6, 6.07) is 10.6. The highest BCUT2D eigenvalue weighted by molar-refractivity contribution is 5.96. The Kier molecular flexibility index (Phi) is 4.64. The molecule has 8 heteroatoms. The fourth-order valence-corrected chi connectivity index (χ4v) is 3.37. The number of anilines is 1. The smallest absolute Gasteiger partial charge is 0.339 e. The van der Waals surface area contributed by atoms with E-state index in [0.717, 1.165) is 28.9 Å². The number of hydrogen-bond donors (Lipinski definition) is 0. The van der Waals surface area contributed by atoms with Crippen LogP contribution < -0.4 is 4.90 Å². The number of amides is 1. The molecule has 1 aliphatic heterocycles. The van der Waals surface area contributed by atoms with Crippen molar-refractivity contribution in [3.05, 3.63) is 65.0 Å². The molecular weight excluding hydrogens is 383 g/mol. The van der Waals surface area contributed by atoms with E-state index in [1.54, 1.807) is 4.90 Å². The van der Waals surface area contributed by atoms with Gasteiger partial charge in [0, 0.05) is 24.2 Å². The van der Waals surface area contributed by atoms with Gasteiger partial charge in [0.15, 0.2) is 0 Å². The average Bonchev–Trinajstić information content (AvgIpc) is 3.30. The maximum absolute atomic E-state index is 12.9. The van der Waals surface area contributed by atoms with Crippen molar-refractivity contribution in [1.82, 2.24) is 10.1 Å². The molecule has 1 saturated heterocycles. The fourth-order valence-electron chi connectivity index (χ4n) is 3.37. The van der Waals surface area contributed by atoms with Gasteiger partial charge in [-0.05, 0) is 49.2 Å². The van der Waals surface area contributed by atoms with Gasteiger partial charge in [0.1, 0.15) is 0 Å². The number of aryl methyl sites for hydroxylation is 2. The maximum atomic E-state index is 12.9. The lowest BCUT2D eigenvalue weighted by Gasteiger charge is -2.17. The van der Waals surface area contributed by atoms with Crippen LogP contribution in [0.5, 0.6) is 0 Å². The summed E-state index contributed by atoms with van der Waals surface area (Å²) in [7, 11) is 0. The van der Waals surface area contributed by atoms with Crippen molar-refractivity contribution in [1.29, 1.82) is 0 Å². The van der Waals surface area contributed by atoms with Gasteiger partial charge in [-0.15, -0.1) is 0 Å². The summed E-state index contributed by atoms with van der Waals surface area (Å²) >= 11 is 0. The second-order valence-electron chi connectivity index (χ2n) is 7.21. The van der Waals surface area contributed by atoms with Crippen molar-refractivity contribution in [3.63, 3.8) is 0 Å². The van der Waals surface area contributed by atoms with Gasteiger partial charge >= 0.3 is 6.18 Å². The van der Waals surface area contributed by atoms with Crippen LogP contribution in [0, 0.1) is 13.8 Å². The quantitative estimate of drug-likeness (QED) is 0.627. The number of hydrogen-bond acceptors (Lipinski definition) is 4. The second kappa shape index (κ2) is 7.02. The van der Waals surface area contributed by atoms with Crippen LogP contribution in [0.4, 0.5) is 18.9 Å². The van der Waals surface area contributed by atoms with E-state index >= 15 is 0 Å². The Hall–Kier alpha value is -3.16. The molecule has 1 aromatic heterocycles. The van der Waals surface area contributed by atoms with Gasteiger partial charge in [0.2, 0.25) is 17.6 Å². The zero-order valence-electron chi connectivity index (χ0n) is 15.8. The predicted octanol–water partition coefficient (Wildman–Crippen LogP) is 4.89. The van der Waals surface area contributed by atoms with Crippen LogP contribution in [-0.4, -0.2) is 22.6 Å². The van der Waals surface area contributed by atoms with Crippen molar-refractivity contribution in [3.8, 4) is 11.4 Å². The molecule has 1 atom stereocenters. The average molecular weight is 401 g/mol. The molecule has 0 N–H and O–H groups in total. The Balaban J connectivity index is 1.56. The van der Waals surface area contributed by atoms with E-state index in [4.69, 9.17) is 4.52 Å². The molecule has 0 spiro atoms. The molecule has 29 heavy (non-hydrogen) atoms. The van der Waals surface area contributed by atoms with Crippen LogP contribution in [0.1, 0.15) is 34.9 Å². The summed E-state index contributed by atoms with van der Waals surface area (Å²) in [5, 5.41) is 3.82. The molecule has 5 nitrogen and oxygen atoms in total. The van der Waals surface area contributed by atoms with Gasteiger partial charge < -0.3 is 9.42 Å². The Morgan fingerprint density at radius 1 is 1.10 bits per heavy atom. The van der Waals surface area contributed by atoms with Gasteiger partial charge in [-0.2, -0.15) is 18.2 Å². The SMILES string of the molecule is Cc1ccc(N2CC(c3nc(-c4cccc(C(F)(F)F)c4)no3)CC2=O)cc1C. The molecule has 3 aromatic rings. The highest BCUT2D eigenvalue weighted by atomic mass is 19.4. The Bertz CT molecular complexity index is 1080. The van der Waals surface area contributed by atoms with Crippen LogP contribution in [0.25, 0.3) is 11.4 Å². The number of alkyl halides is 3. The Morgan fingerprint density at radius 3 is 2.62 bits per heavy atom. The molecule has 1 fully saturated rings. The van der Waals surface area contributed by atoms with E-state index in [2.05, 4.69) is 10.1 Å². The normalized spacial score (nSPS) is 17.2. The van der Waals surface area contributed by atoms with Crippen molar-refractivity contribution >= 4 is 11.6 Å². The first-order valence-corrected chi connectivity index (χ1v) is 9.11. The number of carbonyl (C=O) groups excluding carboxylic acids is 1. The molecule has 0 radical (unpaired) electrons. The highest BCUT2D eigenvalue weighted by Crippen LogP contribution is 2.34. The van der Waals surface area contributed by atoms with Crippen LogP contribution >= 0.6 is 0 Å². The van der Waals surface area contributed by atoms with Crippen molar-refractivity contribution in [2.24, 2.45) is 0 Å². The highest BCUT2D eigenvalue weighted by Gasteiger charge is 2.35. The monoisotopic (exact) mass is 401 g/mol. The zero-order valence-corrected chi connectivity index (χ0v) is 15.8. The summed E-state index contributed by atoms with van der Waals surface area (Å²) in [4.78, 5) is 18.4. The number of nitrogens with zero attached hydrogens (tertiary/aromatic N) is 3. The van der Waals surface area contributed by atoms with Crippen molar-refractivity contribution < 1.29 is 22.5 Å². The molecule has 0 saturated carbocycles. The molecule has 1 aliphatic rings. The fraction of sp³-hybridized carbons (Fsp3) is 0.286. The number of carbonyl (C=O) groups is 1. The summed E-state index contributed by atoms with van der Waals surface area (Å²) < 4.78 is 44.1. The lowest BCUT2D eigenvalue weighted by molar-refractivity contribution is -0.137. The van der Waals surface area contributed by atoms with E-state index in [9.17, 15) is 18.0 Å². The third-order valence-electron chi connectivity index (χ3n) is 5.17. The molecule has 2 heterocycles. The van der Waals surface area contributed by atoms with Crippen molar-refractivity contribution in [2.45, 2.75) is 32.4 Å². The molecule has 0 aliphatic carbocycles. The number of benzene rings is 2. The van der Waals surface area contributed by atoms with Crippen LogP contribution in [0.15, 0.2) is 47.0 Å². The van der Waals surface area contributed by atoms with Crippen molar-refractivity contribution in [2.75, 3.05) is 11.4 Å². The zero-order chi connectivity index (χ0) is 20.8. The van der Waals surface area contributed by atoms with Crippen LogP contribution in [0.3, 0.4) is 0 Å². The van der Waals surface area contributed by atoms with Crippen LogP contribution in [-0.2, 0) is 11.0 Å². The minimum absolute atomic E-state index is 0.0583. The first kappa shape index (κ1) is 19.2. The van der Waals surface area contributed by atoms with Gasteiger partial charge in [-0.3, -0.25) is 4.79 Å². The lowest BCUT2D eigenvalue weighted by Crippen LogP contribution is -2.24. The molecule has 0 bridgehead atoms. The predicted molar refractivity (Wildman–Crippen MR) is 100 cm³/mol. The standard InChI is InChI=1S/C21H18F3N3O2/c1-12-6-7-17(8-13(12)2)27-11-15(10-18(27)28)20-25-19(26-29-20)14-4-3-5-16(9-14)21(22,23)24/h3-9,15H,10-11H2,1-2H3. The lowest BCUT2D eigenvalue weighted by atomic mass is 10.1. The third kappa shape index (κ3) is 3.74. The first-order chi connectivity index (χ1) is 13.7. The second-order valence-corrected chi connectivity index (χ2v) is 7.21. The molecule has 150 valence electrons. The number of aromatic nitrogens is 2. The molecular formula is C21H18F3N3O2. The summed E-state index contributed by atoms with van der Waals surface area (Å²) in [6.45, 7) is 4.36. The van der Waals surface area contributed by atoms with Gasteiger partial charge in [0.25, 0.3) is 0 Å². The van der Waals surface area contributed by atoms with Gasteiger partial charge in [0.05, 0.1) is 11.5 Å². The summed E-state index contributed by atoms with van der Waals surface area (Å²) in [6.07, 6.45) is -4.25.